The number of carbonyl (C=O) groups is 1. The Kier molecular flexibility index (Phi) is 5.21. The van der Waals surface area contributed by atoms with Crippen LogP contribution in [0.25, 0.3) is 10.9 Å². The number of aryl methyl sites for hydroxylation is 1. The van der Waals surface area contributed by atoms with Crippen molar-refractivity contribution < 1.29 is 14.3 Å². The second-order valence-corrected chi connectivity index (χ2v) is 6.12. The maximum Gasteiger partial charge on any atom is 0.341 e. The zero-order chi connectivity index (χ0) is 18.8. The topological polar surface area (TPSA) is 89.8 Å². The fourth-order valence-corrected chi connectivity index (χ4v) is 3.12. The van der Waals surface area contributed by atoms with E-state index in [1.807, 2.05) is 19.0 Å². The number of halogens is 1. The number of piperazine rings is 1. The number of benzene rings is 1. The summed E-state index contributed by atoms with van der Waals surface area (Å²) < 4.78 is 16.2. The number of pyridine rings is 1. The van der Waals surface area contributed by atoms with Gasteiger partial charge in [0.25, 0.3) is 0 Å². The van der Waals surface area contributed by atoms with Crippen LogP contribution in [0.2, 0.25) is 0 Å². The van der Waals surface area contributed by atoms with Crippen LogP contribution in [0.3, 0.4) is 0 Å². The molecule has 0 amide bonds. The number of fused-ring (bicyclic) bond motifs is 1. The van der Waals surface area contributed by atoms with Gasteiger partial charge in [-0.1, -0.05) is 0 Å². The first-order valence-electron chi connectivity index (χ1n) is 8.48. The van der Waals surface area contributed by atoms with E-state index in [1.165, 1.54) is 6.20 Å². The lowest BCUT2D eigenvalue weighted by Gasteiger charge is -2.34. The van der Waals surface area contributed by atoms with Crippen molar-refractivity contribution in [3.63, 3.8) is 0 Å². The number of carboxylic acids is 1. The average molecular weight is 363 g/mol. The molecule has 1 aromatic heterocycles. The van der Waals surface area contributed by atoms with Crippen molar-refractivity contribution in [2.75, 3.05) is 38.7 Å². The molecule has 0 radical (unpaired) electrons. The lowest BCUT2D eigenvalue weighted by Crippen LogP contribution is -2.52. The molecular weight excluding hydrogens is 341 g/mol. The summed E-state index contributed by atoms with van der Waals surface area (Å²) in [5, 5.41) is 13.2. The van der Waals surface area contributed by atoms with E-state index in [4.69, 9.17) is 0 Å². The summed E-state index contributed by atoms with van der Waals surface area (Å²) in [6.07, 6.45) is 1.31. The Morgan fingerprint density at radius 2 is 1.88 bits per heavy atom. The van der Waals surface area contributed by atoms with Gasteiger partial charge in [-0.15, -0.1) is 0 Å². The van der Waals surface area contributed by atoms with Crippen LogP contribution in [0.4, 0.5) is 10.1 Å². The number of aromatic nitrogens is 1. The molecule has 140 valence electrons. The second-order valence-electron chi connectivity index (χ2n) is 6.12. The lowest BCUT2D eigenvalue weighted by molar-refractivity contribution is 0.0695. The number of hydrazine groups is 2. The van der Waals surface area contributed by atoms with Crippen LogP contribution in [-0.4, -0.2) is 58.9 Å². The monoisotopic (exact) mass is 363 g/mol. The second kappa shape index (κ2) is 7.40. The minimum atomic E-state index is -1.32. The van der Waals surface area contributed by atoms with Crippen molar-refractivity contribution in [3.8, 4) is 0 Å². The van der Waals surface area contributed by atoms with Crippen molar-refractivity contribution in [2.24, 2.45) is 0 Å². The fourth-order valence-electron chi connectivity index (χ4n) is 3.12. The number of nitrogens with zero attached hydrogens (tertiary/aromatic N) is 3. The van der Waals surface area contributed by atoms with E-state index >= 15 is 0 Å². The molecule has 0 aliphatic carbocycles. The summed E-state index contributed by atoms with van der Waals surface area (Å²) in [7, 11) is 1.86. The Balaban J connectivity index is 1.98. The van der Waals surface area contributed by atoms with Crippen molar-refractivity contribution >= 4 is 22.6 Å². The number of rotatable bonds is 5. The summed E-state index contributed by atoms with van der Waals surface area (Å²) in [5.41, 5.74) is 5.87. The van der Waals surface area contributed by atoms with E-state index in [1.54, 1.807) is 10.6 Å². The molecule has 1 saturated heterocycles. The highest BCUT2D eigenvalue weighted by Crippen LogP contribution is 2.23. The molecule has 3 rings (SSSR count). The van der Waals surface area contributed by atoms with Crippen molar-refractivity contribution in [1.82, 2.24) is 20.0 Å². The van der Waals surface area contributed by atoms with Gasteiger partial charge in [-0.3, -0.25) is 10.2 Å². The standard InChI is InChI=1S/C17H22FN5O3/c1-3-21-10-12(17(25)26)16(24)11-8-13(18)14(9-15(11)21)20-23-6-4-22(19-2)5-7-23/h8-10,19-20H,3-7H2,1-2H3,(H,25,26). The first-order valence-corrected chi connectivity index (χ1v) is 8.48. The van der Waals surface area contributed by atoms with Gasteiger partial charge in [0.1, 0.15) is 11.4 Å². The van der Waals surface area contributed by atoms with Gasteiger partial charge in [0.05, 0.1) is 11.2 Å². The summed E-state index contributed by atoms with van der Waals surface area (Å²) in [6, 6.07) is 2.67. The Labute approximate surface area is 149 Å². The molecular formula is C17H22FN5O3. The third-order valence-electron chi connectivity index (χ3n) is 4.61. The summed E-state index contributed by atoms with van der Waals surface area (Å²) in [5.74, 6) is -1.90. The van der Waals surface area contributed by atoms with Gasteiger partial charge in [-0.05, 0) is 26.1 Å². The molecule has 1 aliphatic heterocycles. The summed E-state index contributed by atoms with van der Waals surface area (Å²) >= 11 is 0. The van der Waals surface area contributed by atoms with Crippen LogP contribution in [0.5, 0.6) is 0 Å². The van der Waals surface area contributed by atoms with Crippen LogP contribution in [0.1, 0.15) is 17.3 Å². The molecule has 0 unspecified atom stereocenters. The maximum absolute atomic E-state index is 14.6. The first-order chi connectivity index (χ1) is 12.4. The number of hydrogen-bond acceptors (Lipinski definition) is 6. The third kappa shape index (κ3) is 3.41. The number of hydrogen-bond donors (Lipinski definition) is 3. The molecule has 1 aliphatic rings. The molecule has 2 heterocycles. The van der Waals surface area contributed by atoms with Crippen LogP contribution >= 0.6 is 0 Å². The first kappa shape index (κ1) is 18.3. The summed E-state index contributed by atoms with van der Waals surface area (Å²) in [6.45, 7) is 5.29. The van der Waals surface area contributed by atoms with E-state index in [0.717, 1.165) is 19.2 Å². The molecule has 2 aromatic rings. The minimum absolute atomic E-state index is 0.0646. The molecule has 0 spiro atoms. The van der Waals surface area contributed by atoms with Crippen molar-refractivity contribution in [2.45, 2.75) is 13.5 Å². The molecule has 9 heteroatoms. The van der Waals surface area contributed by atoms with Gasteiger partial charge < -0.3 is 15.1 Å². The van der Waals surface area contributed by atoms with Gasteiger partial charge in [0.2, 0.25) is 5.43 Å². The maximum atomic E-state index is 14.6. The molecule has 0 bridgehead atoms. The molecule has 1 aromatic carbocycles. The summed E-state index contributed by atoms with van der Waals surface area (Å²) in [4.78, 5) is 23.6. The van der Waals surface area contributed by atoms with Crippen LogP contribution in [-0.2, 0) is 6.54 Å². The number of carboxylic acid groups (broad SMARTS) is 1. The number of anilines is 1. The highest BCUT2D eigenvalue weighted by Gasteiger charge is 2.19. The lowest BCUT2D eigenvalue weighted by atomic mass is 10.1. The van der Waals surface area contributed by atoms with E-state index in [-0.39, 0.29) is 16.6 Å². The zero-order valence-electron chi connectivity index (χ0n) is 14.8. The van der Waals surface area contributed by atoms with Gasteiger partial charge in [0, 0.05) is 44.3 Å². The predicted octanol–water partition coefficient (Wildman–Crippen LogP) is 0.938. The van der Waals surface area contributed by atoms with E-state index in [2.05, 4.69) is 15.9 Å². The molecule has 26 heavy (non-hydrogen) atoms. The van der Waals surface area contributed by atoms with Gasteiger partial charge in [-0.2, -0.15) is 0 Å². The molecule has 0 saturated carbocycles. The Hall–Kier alpha value is -2.49. The average Bonchev–Trinajstić information content (AvgIpc) is 2.63. The quantitative estimate of drug-likeness (QED) is 0.728. The van der Waals surface area contributed by atoms with Crippen molar-refractivity contribution in [3.05, 3.63) is 39.9 Å². The van der Waals surface area contributed by atoms with E-state index in [9.17, 15) is 19.1 Å². The van der Waals surface area contributed by atoms with Crippen LogP contribution < -0.4 is 16.3 Å². The molecule has 3 N–H and O–H groups in total. The number of nitrogens with one attached hydrogen (secondary N) is 2. The van der Waals surface area contributed by atoms with Crippen LogP contribution in [0.15, 0.2) is 23.1 Å². The molecule has 1 fully saturated rings. The fraction of sp³-hybridized carbons (Fsp3) is 0.412. The zero-order valence-corrected chi connectivity index (χ0v) is 14.8. The Bertz CT molecular complexity index is 890. The Morgan fingerprint density at radius 3 is 2.46 bits per heavy atom. The number of aromatic carboxylic acids is 1. The van der Waals surface area contributed by atoms with E-state index < -0.39 is 17.2 Å². The van der Waals surface area contributed by atoms with Gasteiger partial charge in [-0.25, -0.2) is 19.2 Å². The van der Waals surface area contributed by atoms with E-state index in [0.29, 0.717) is 25.2 Å². The highest BCUT2D eigenvalue weighted by atomic mass is 19.1. The molecule has 0 atom stereocenters. The minimum Gasteiger partial charge on any atom is -0.477 e. The SMILES string of the molecule is CCn1cc(C(=O)O)c(=O)c2cc(F)c(NN3CCN(NC)CC3)cc21. The largest absolute Gasteiger partial charge is 0.477 e. The highest BCUT2D eigenvalue weighted by molar-refractivity contribution is 5.93. The van der Waals surface area contributed by atoms with Crippen molar-refractivity contribution in [1.29, 1.82) is 0 Å². The third-order valence-corrected chi connectivity index (χ3v) is 4.61. The Morgan fingerprint density at radius 1 is 1.23 bits per heavy atom. The predicted molar refractivity (Wildman–Crippen MR) is 96.6 cm³/mol. The van der Waals surface area contributed by atoms with Gasteiger partial charge >= 0.3 is 5.97 Å². The molecule has 8 nitrogen and oxygen atoms in total. The van der Waals surface area contributed by atoms with Crippen LogP contribution in [0, 0.1) is 5.82 Å². The van der Waals surface area contributed by atoms with Gasteiger partial charge in [0.15, 0.2) is 0 Å². The smallest absolute Gasteiger partial charge is 0.341 e. The normalized spacial score (nSPS) is 16.1.